The van der Waals surface area contributed by atoms with Gasteiger partial charge in [-0.15, -0.1) is 0 Å². The molecule has 0 aliphatic heterocycles. The molecule has 0 aliphatic carbocycles. The summed E-state index contributed by atoms with van der Waals surface area (Å²) in [4.78, 5) is 3.83. The Labute approximate surface area is 133 Å². The highest BCUT2D eigenvalue weighted by Gasteiger charge is 2.30. The molecule has 0 bridgehead atoms. The largest absolute Gasteiger partial charge is 0.482 e. The first kappa shape index (κ1) is 16.9. The van der Waals surface area contributed by atoms with Gasteiger partial charge in [0.05, 0.1) is 11.5 Å². The van der Waals surface area contributed by atoms with Crippen molar-refractivity contribution >= 4 is 31.0 Å². The van der Waals surface area contributed by atoms with E-state index in [0.717, 1.165) is 11.8 Å². The van der Waals surface area contributed by atoms with Crippen LogP contribution in [0.15, 0.2) is 38.5 Å². The van der Waals surface area contributed by atoms with Crippen LogP contribution >= 0.6 is 11.3 Å². The van der Waals surface area contributed by atoms with Crippen molar-refractivity contribution in [1.29, 1.82) is 0 Å². The number of thiazole rings is 1. The lowest BCUT2D eigenvalue weighted by Crippen LogP contribution is -2.06. The second kappa shape index (κ2) is 5.98. The quantitative estimate of drug-likeness (QED) is 0.810. The van der Waals surface area contributed by atoms with Gasteiger partial charge in [-0.05, 0) is 26.0 Å². The molecule has 1 aromatic heterocycles. The molecule has 0 spiro atoms. The van der Waals surface area contributed by atoms with Gasteiger partial charge in [-0.2, -0.15) is 0 Å². The predicted octanol–water partition coefficient (Wildman–Crippen LogP) is 2.09. The Morgan fingerprint density at radius 1 is 1.14 bits per heavy atom. The monoisotopic (exact) mass is 361 g/mol. The van der Waals surface area contributed by atoms with Gasteiger partial charge in [-0.1, -0.05) is 29.0 Å². The van der Waals surface area contributed by atoms with Gasteiger partial charge in [0.1, 0.15) is 0 Å². The van der Waals surface area contributed by atoms with Crippen molar-refractivity contribution in [3.05, 3.63) is 29.8 Å². The Kier molecular flexibility index (Phi) is 4.59. The van der Waals surface area contributed by atoms with Gasteiger partial charge in [0, 0.05) is 6.26 Å². The van der Waals surface area contributed by atoms with E-state index in [4.69, 9.17) is 4.74 Å². The third kappa shape index (κ3) is 3.31. The molecule has 9 heteroatoms. The molecule has 0 fully saturated rings. The van der Waals surface area contributed by atoms with Crippen molar-refractivity contribution in [2.75, 3.05) is 12.9 Å². The molecule has 0 unspecified atom stereocenters. The van der Waals surface area contributed by atoms with E-state index in [0.29, 0.717) is 11.3 Å². The molecule has 0 saturated heterocycles. The van der Waals surface area contributed by atoms with Crippen LogP contribution in [0.5, 0.6) is 5.06 Å². The summed E-state index contributed by atoms with van der Waals surface area (Å²) >= 11 is 0.715. The third-order valence-corrected chi connectivity index (χ3v) is 7.18. The Bertz CT molecular complexity index is 880. The van der Waals surface area contributed by atoms with Crippen LogP contribution in [0.3, 0.4) is 0 Å². The number of aryl methyl sites for hydroxylation is 1. The molecule has 0 atom stereocenters. The standard InChI is InChI=1S/C13H15NO5S3/c1-4-19-12-11(14-13(20-12)21(3,15)16)22(17,18)10-7-5-9(2)6-8-10/h5-8H,4H2,1-3H3. The van der Waals surface area contributed by atoms with E-state index in [2.05, 4.69) is 4.98 Å². The van der Waals surface area contributed by atoms with Crippen LogP contribution < -0.4 is 4.74 Å². The molecular weight excluding hydrogens is 346 g/mol. The lowest BCUT2D eigenvalue weighted by atomic mass is 10.2. The van der Waals surface area contributed by atoms with Gasteiger partial charge in [-0.3, -0.25) is 0 Å². The summed E-state index contributed by atoms with van der Waals surface area (Å²) in [5.74, 6) is 0. The molecular formula is C13H15NO5S3. The summed E-state index contributed by atoms with van der Waals surface area (Å²) in [7, 11) is -7.55. The van der Waals surface area contributed by atoms with Crippen molar-refractivity contribution in [3.63, 3.8) is 0 Å². The average Bonchev–Trinajstić information content (AvgIpc) is 2.84. The highest BCUT2D eigenvalue weighted by Crippen LogP contribution is 2.36. The molecule has 0 N–H and O–H groups in total. The number of sulfone groups is 2. The number of nitrogens with zero attached hydrogens (tertiary/aromatic N) is 1. The Morgan fingerprint density at radius 2 is 1.73 bits per heavy atom. The highest BCUT2D eigenvalue weighted by atomic mass is 32.2. The number of aromatic nitrogens is 1. The molecule has 1 heterocycles. The zero-order valence-electron chi connectivity index (χ0n) is 12.2. The lowest BCUT2D eigenvalue weighted by Gasteiger charge is -2.05. The van der Waals surface area contributed by atoms with Gasteiger partial charge in [0.25, 0.3) is 0 Å². The first-order chi connectivity index (χ1) is 10.2. The van der Waals surface area contributed by atoms with Crippen molar-refractivity contribution in [2.45, 2.75) is 28.1 Å². The summed E-state index contributed by atoms with van der Waals surface area (Å²) in [6, 6.07) is 6.24. The first-order valence-electron chi connectivity index (χ1n) is 6.31. The number of ether oxygens (including phenoxy) is 1. The van der Waals surface area contributed by atoms with Crippen molar-refractivity contribution < 1.29 is 21.6 Å². The summed E-state index contributed by atoms with van der Waals surface area (Å²) < 4.78 is 53.5. The fraction of sp³-hybridized carbons (Fsp3) is 0.308. The van der Waals surface area contributed by atoms with Crippen molar-refractivity contribution in [1.82, 2.24) is 4.98 Å². The maximum Gasteiger partial charge on any atom is 0.228 e. The van der Waals surface area contributed by atoms with Crippen molar-refractivity contribution in [2.24, 2.45) is 0 Å². The first-order valence-corrected chi connectivity index (χ1v) is 10.5. The lowest BCUT2D eigenvalue weighted by molar-refractivity contribution is 0.340. The molecule has 0 aliphatic rings. The maximum absolute atomic E-state index is 12.7. The number of rotatable bonds is 5. The van der Waals surface area contributed by atoms with Crippen LogP contribution in [0.2, 0.25) is 0 Å². The molecule has 0 saturated carbocycles. The van der Waals surface area contributed by atoms with E-state index in [1.54, 1.807) is 19.1 Å². The zero-order chi connectivity index (χ0) is 16.5. The van der Waals surface area contributed by atoms with Gasteiger partial charge < -0.3 is 4.74 Å². The minimum Gasteiger partial charge on any atom is -0.482 e. The maximum atomic E-state index is 12.7. The summed E-state index contributed by atoms with van der Waals surface area (Å²) in [6.07, 6.45) is 0.976. The second-order valence-electron chi connectivity index (χ2n) is 4.59. The molecule has 0 radical (unpaired) electrons. The van der Waals surface area contributed by atoms with E-state index < -0.39 is 19.7 Å². The number of benzene rings is 1. The van der Waals surface area contributed by atoms with Crippen LogP contribution in [0.4, 0.5) is 0 Å². The van der Waals surface area contributed by atoms with Crippen molar-refractivity contribution in [3.8, 4) is 5.06 Å². The van der Waals surface area contributed by atoms with Crippen LogP contribution in [-0.4, -0.2) is 34.7 Å². The number of hydrogen-bond acceptors (Lipinski definition) is 7. The van der Waals surface area contributed by atoms with Gasteiger partial charge in [0.15, 0.2) is 0 Å². The van der Waals surface area contributed by atoms with E-state index in [1.807, 2.05) is 6.92 Å². The van der Waals surface area contributed by atoms with Gasteiger partial charge in [-0.25, -0.2) is 21.8 Å². The Balaban J connectivity index is 2.64. The molecule has 0 amide bonds. The topological polar surface area (TPSA) is 90.4 Å². The Morgan fingerprint density at radius 3 is 2.23 bits per heavy atom. The smallest absolute Gasteiger partial charge is 0.228 e. The molecule has 2 rings (SSSR count). The molecule has 120 valence electrons. The molecule has 2 aromatic rings. The fourth-order valence-electron chi connectivity index (χ4n) is 1.65. The molecule has 22 heavy (non-hydrogen) atoms. The molecule has 6 nitrogen and oxygen atoms in total. The fourth-order valence-corrected chi connectivity index (χ4v) is 5.13. The highest BCUT2D eigenvalue weighted by molar-refractivity contribution is 7.93. The normalized spacial score (nSPS) is 12.3. The second-order valence-corrected chi connectivity index (χ2v) is 9.61. The van der Waals surface area contributed by atoms with Crippen LogP contribution in [0.25, 0.3) is 0 Å². The predicted molar refractivity (Wildman–Crippen MR) is 83.0 cm³/mol. The minimum atomic E-state index is -3.94. The number of hydrogen-bond donors (Lipinski definition) is 0. The third-order valence-electron chi connectivity index (χ3n) is 2.73. The summed E-state index contributed by atoms with van der Waals surface area (Å²) in [5, 5.41) is -0.368. The Hall–Kier alpha value is -1.45. The summed E-state index contributed by atoms with van der Waals surface area (Å²) in [5.41, 5.74) is 0.916. The SMILES string of the molecule is CCOc1sc(S(C)(=O)=O)nc1S(=O)(=O)c1ccc(C)cc1. The van der Waals surface area contributed by atoms with E-state index in [9.17, 15) is 16.8 Å². The van der Waals surface area contributed by atoms with Crippen LogP contribution in [0.1, 0.15) is 12.5 Å². The van der Waals surface area contributed by atoms with E-state index in [1.165, 1.54) is 12.1 Å². The van der Waals surface area contributed by atoms with Crippen LogP contribution in [-0.2, 0) is 19.7 Å². The minimum absolute atomic E-state index is 0.0106. The average molecular weight is 361 g/mol. The molecule has 1 aromatic carbocycles. The van der Waals surface area contributed by atoms with Gasteiger partial charge in [0.2, 0.25) is 34.1 Å². The zero-order valence-corrected chi connectivity index (χ0v) is 14.7. The van der Waals surface area contributed by atoms with E-state index in [-0.39, 0.29) is 25.9 Å². The van der Waals surface area contributed by atoms with Crippen LogP contribution in [0, 0.1) is 6.92 Å². The van der Waals surface area contributed by atoms with Gasteiger partial charge >= 0.3 is 0 Å². The summed E-state index contributed by atoms with van der Waals surface area (Å²) in [6.45, 7) is 3.73. The van der Waals surface area contributed by atoms with E-state index >= 15 is 0 Å².